The third-order valence-electron chi connectivity index (χ3n) is 3.04. The highest BCUT2D eigenvalue weighted by atomic mass is 32.9. The predicted octanol–water partition coefficient (Wildman–Crippen LogP) is 4.92. The van der Waals surface area contributed by atoms with E-state index in [1.807, 2.05) is 36.4 Å². The summed E-state index contributed by atoms with van der Waals surface area (Å²) in [6.07, 6.45) is 0. The smallest absolute Gasteiger partial charge is 0.306 e. The molecule has 1 N–H and O–H groups in total. The highest BCUT2D eigenvalue weighted by Gasteiger charge is 2.03. The van der Waals surface area contributed by atoms with Crippen molar-refractivity contribution in [3.05, 3.63) is 70.9 Å². The van der Waals surface area contributed by atoms with Gasteiger partial charge in [-0.1, -0.05) is 68.7 Å². The molecule has 3 nitrogen and oxygen atoms in total. The maximum atomic E-state index is 11.9. The van der Waals surface area contributed by atoms with E-state index in [4.69, 9.17) is 0 Å². The molecule has 0 atom stereocenters. The molecule has 0 radical (unpaired) electrons. The molecule has 0 bridgehead atoms. The van der Waals surface area contributed by atoms with Crippen molar-refractivity contribution in [2.24, 2.45) is 4.99 Å². The minimum atomic E-state index is -0.351. The molecule has 0 unspecified atom stereocenters. The van der Waals surface area contributed by atoms with Crippen LogP contribution in [0.3, 0.4) is 0 Å². The first-order chi connectivity index (χ1) is 10.7. The van der Waals surface area contributed by atoms with E-state index in [2.05, 4.69) is 41.5 Å². The predicted molar refractivity (Wildman–Crippen MR) is 93.4 cm³/mol. The van der Waals surface area contributed by atoms with Gasteiger partial charge < -0.3 is 5.32 Å². The normalized spacial score (nSPS) is 11.4. The summed E-state index contributed by atoms with van der Waals surface area (Å²) in [6.45, 7) is 2.06. The molecule has 110 valence electrons. The molecule has 0 aliphatic rings. The third-order valence-corrected chi connectivity index (χ3v) is 5.34. The molecule has 3 rings (SSSR count). The number of hydrogen-bond acceptors (Lipinski definition) is 3. The number of amides is 2. The van der Waals surface area contributed by atoms with Crippen LogP contribution in [0.1, 0.15) is 5.56 Å². The SMILES string of the molecule is Cc1ccc(-c2c/c(=N/C(=O)Nc3ccccc3)ss2)cc1. The van der Waals surface area contributed by atoms with E-state index < -0.39 is 0 Å². The van der Waals surface area contributed by atoms with Crippen molar-refractivity contribution in [2.75, 3.05) is 5.32 Å². The lowest BCUT2D eigenvalue weighted by atomic mass is 10.1. The Morgan fingerprint density at radius 1 is 1.00 bits per heavy atom. The fourth-order valence-corrected chi connectivity index (χ4v) is 4.06. The number of nitrogens with zero attached hydrogens (tertiary/aromatic N) is 1. The molecule has 5 heteroatoms. The highest BCUT2D eigenvalue weighted by Crippen LogP contribution is 2.25. The molecule has 1 aromatic heterocycles. The summed E-state index contributed by atoms with van der Waals surface area (Å²) >= 11 is 0. The molecule has 0 fully saturated rings. The summed E-state index contributed by atoms with van der Waals surface area (Å²) in [4.78, 5) is 17.1. The zero-order chi connectivity index (χ0) is 15.4. The number of benzene rings is 2. The van der Waals surface area contributed by atoms with Crippen LogP contribution in [0.25, 0.3) is 10.4 Å². The van der Waals surface area contributed by atoms with Crippen LogP contribution in [-0.4, -0.2) is 6.03 Å². The number of rotatable bonds is 2. The van der Waals surface area contributed by atoms with E-state index in [1.165, 1.54) is 15.9 Å². The van der Waals surface area contributed by atoms with E-state index in [0.29, 0.717) is 4.67 Å². The van der Waals surface area contributed by atoms with Crippen molar-refractivity contribution in [3.63, 3.8) is 0 Å². The molecule has 0 saturated carbocycles. The fraction of sp³-hybridized carbons (Fsp3) is 0.0588. The molecule has 1 heterocycles. The lowest BCUT2D eigenvalue weighted by molar-refractivity contribution is 0.259. The van der Waals surface area contributed by atoms with Crippen LogP contribution in [0.2, 0.25) is 0 Å². The Hall–Kier alpha value is -2.24. The van der Waals surface area contributed by atoms with Gasteiger partial charge in [-0.15, -0.1) is 0 Å². The minimum Gasteiger partial charge on any atom is -0.306 e. The second-order valence-corrected chi connectivity index (χ2v) is 6.98. The maximum Gasteiger partial charge on any atom is 0.346 e. The number of hydrogen-bond donors (Lipinski definition) is 1. The second-order valence-electron chi connectivity index (χ2n) is 4.79. The van der Waals surface area contributed by atoms with Crippen molar-refractivity contribution in [1.82, 2.24) is 0 Å². The van der Waals surface area contributed by atoms with E-state index in [-0.39, 0.29) is 6.03 Å². The Morgan fingerprint density at radius 2 is 1.73 bits per heavy atom. The van der Waals surface area contributed by atoms with Crippen molar-refractivity contribution in [3.8, 4) is 10.4 Å². The van der Waals surface area contributed by atoms with Crippen LogP contribution in [0.4, 0.5) is 10.5 Å². The van der Waals surface area contributed by atoms with E-state index >= 15 is 0 Å². The summed E-state index contributed by atoms with van der Waals surface area (Å²) in [5, 5.41) is 2.75. The number of aryl methyl sites for hydroxylation is 1. The van der Waals surface area contributed by atoms with Gasteiger partial charge in [-0.2, -0.15) is 4.99 Å². The first kappa shape index (κ1) is 14.7. The zero-order valence-corrected chi connectivity index (χ0v) is 13.6. The van der Waals surface area contributed by atoms with E-state index in [9.17, 15) is 4.79 Å². The lowest BCUT2D eigenvalue weighted by Crippen LogP contribution is -2.09. The summed E-state index contributed by atoms with van der Waals surface area (Å²) in [5.41, 5.74) is 3.13. The topological polar surface area (TPSA) is 41.5 Å². The van der Waals surface area contributed by atoms with E-state index in [1.54, 1.807) is 10.3 Å². The van der Waals surface area contributed by atoms with Crippen molar-refractivity contribution in [1.29, 1.82) is 0 Å². The molecular formula is C17H14N2OS2. The molecule has 0 spiro atoms. The second kappa shape index (κ2) is 6.68. The number of carbonyl (C=O) groups is 1. The molecule has 3 aromatic rings. The van der Waals surface area contributed by atoms with Crippen LogP contribution in [0.15, 0.2) is 65.7 Å². The average Bonchev–Trinajstić information content (AvgIpc) is 2.97. The number of carbonyl (C=O) groups excluding carboxylic acids is 1. The van der Waals surface area contributed by atoms with Gasteiger partial charge in [-0.3, -0.25) is 0 Å². The molecule has 0 aliphatic carbocycles. The quantitative estimate of drug-likeness (QED) is 0.667. The Morgan fingerprint density at radius 3 is 2.45 bits per heavy atom. The van der Waals surface area contributed by atoms with Crippen LogP contribution in [0.5, 0.6) is 0 Å². The number of urea groups is 1. The lowest BCUT2D eigenvalue weighted by Gasteiger charge is -1.98. The van der Waals surface area contributed by atoms with Crippen molar-refractivity contribution >= 4 is 32.4 Å². The van der Waals surface area contributed by atoms with Crippen LogP contribution in [-0.2, 0) is 0 Å². The summed E-state index contributed by atoms with van der Waals surface area (Å²) < 4.78 is 0.717. The highest BCUT2D eigenvalue weighted by molar-refractivity contribution is 7.69. The standard InChI is InChI=1S/C17H14N2OS2/c1-12-7-9-13(10-8-12)15-11-16(22-21-15)19-17(20)18-14-5-3-2-4-6-14/h2-11H,1H3,(H,18,20)/b19-16-. The molecular weight excluding hydrogens is 312 g/mol. The third kappa shape index (κ3) is 3.69. The van der Waals surface area contributed by atoms with Crippen LogP contribution in [0, 0.1) is 6.92 Å². The molecule has 0 aliphatic heterocycles. The monoisotopic (exact) mass is 326 g/mol. The number of para-hydroxylation sites is 1. The first-order valence-corrected chi connectivity index (χ1v) is 8.94. The molecule has 2 aromatic carbocycles. The zero-order valence-electron chi connectivity index (χ0n) is 11.9. The van der Waals surface area contributed by atoms with Gasteiger partial charge in [0.05, 0.1) is 0 Å². The average molecular weight is 326 g/mol. The van der Waals surface area contributed by atoms with Crippen LogP contribution >= 0.6 is 20.7 Å². The summed E-state index contributed by atoms with van der Waals surface area (Å²) in [6, 6.07) is 19.3. The summed E-state index contributed by atoms with van der Waals surface area (Å²) in [7, 11) is 3.13. The van der Waals surface area contributed by atoms with Crippen LogP contribution < -0.4 is 9.99 Å². The molecule has 0 saturated heterocycles. The van der Waals surface area contributed by atoms with Gasteiger partial charge >= 0.3 is 6.03 Å². The van der Waals surface area contributed by atoms with Gasteiger partial charge in [0.25, 0.3) is 0 Å². The number of anilines is 1. The Balaban J connectivity index is 1.78. The Kier molecular flexibility index (Phi) is 4.46. The first-order valence-electron chi connectivity index (χ1n) is 6.79. The van der Waals surface area contributed by atoms with Crippen molar-refractivity contribution < 1.29 is 4.79 Å². The van der Waals surface area contributed by atoms with Gasteiger partial charge in [-0.05, 0) is 30.7 Å². The molecule has 22 heavy (non-hydrogen) atoms. The van der Waals surface area contributed by atoms with Gasteiger partial charge in [0.15, 0.2) is 0 Å². The van der Waals surface area contributed by atoms with Gasteiger partial charge in [0.2, 0.25) is 0 Å². The Labute approximate surface area is 136 Å². The summed E-state index contributed by atoms with van der Waals surface area (Å²) in [5.74, 6) is 0. The largest absolute Gasteiger partial charge is 0.346 e. The van der Waals surface area contributed by atoms with Gasteiger partial charge in [0, 0.05) is 10.6 Å². The maximum absolute atomic E-state index is 11.9. The molecule has 2 amide bonds. The van der Waals surface area contributed by atoms with E-state index in [0.717, 1.165) is 16.1 Å². The van der Waals surface area contributed by atoms with Gasteiger partial charge in [-0.25, -0.2) is 4.79 Å². The number of nitrogens with one attached hydrogen (secondary N) is 1. The Bertz CT molecular complexity index is 833. The minimum absolute atomic E-state index is 0.351. The fourth-order valence-electron chi connectivity index (χ4n) is 1.92. The van der Waals surface area contributed by atoms with Crippen molar-refractivity contribution in [2.45, 2.75) is 6.92 Å². The van der Waals surface area contributed by atoms with Gasteiger partial charge in [0.1, 0.15) is 4.67 Å².